The predicted molar refractivity (Wildman–Crippen MR) is 70.5 cm³/mol. The van der Waals surface area contributed by atoms with Crippen LogP contribution in [0.5, 0.6) is 0 Å². The predicted octanol–water partition coefficient (Wildman–Crippen LogP) is 1.43. The molecule has 3 unspecified atom stereocenters. The van der Waals surface area contributed by atoms with Gasteiger partial charge in [0.25, 0.3) is 0 Å². The second kappa shape index (κ2) is 6.50. The molecule has 1 heterocycles. The number of hydrogen-bond acceptors (Lipinski definition) is 3. The first-order valence-corrected chi connectivity index (χ1v) is 7.47. The molecule has 0 aliphatic carbocycles. The summed E-state index contributed by atoms with van der Waals surface area (Å²) in [7, 11) is 0. The highest BCUT2D eigenvalue weighted by Crippen LogP contribution is 2.23. The molecule has 1 rings (SSSR count). The number of hydrogen-bond donors (Lipinski definition) is 1. The summed E-state index contributed by atoms with van der Waals surface area (Å²) in [4.78, 5) is 14.1. The first-order valence-electron chi connectivity index (χ1n) is 6.08. The van der Waals surface area contributed by atoms with Crippen molar-refractivity contribution in [1.29, 1.82) is 0 Å². The molecule has 3 nitrogen and oxygen atoms in total. The molecule has 2 N–H and O–H groups in total. The van der Waals surface area contributed by atoms with Crippen molar-refractivity contribution in [3.63, 3.8) is 0 Å². The molecule has 1 saturated heterocycles. The van der Waals surface area contributed by atoms with Crippen LogP contribution in [0.4, 0.5) is 0 Å². The molecular formula is C12H24N2OS. The second-order valence-corrected chi connectivity index (χ2v) is 5.81. The molecule has 0 radical (unpaired) electrons. The van der Waals surface area contributed by atoms with E-state index in [0.29, 0.717) is 24.3 Å². The molecule has 4 heteroatoms. The SMILES string of the molecule is CSCC(C)C(=O)N1CCC(C)C(CN)C1. The van der Waals surface area contributed by atoms with Gasteiger partial charge in [-0.05, 0) is 31.1 Å². The van der Waals surface area contributed by atoms with Crippen molar-refractivity contribution >= 4 is 17.7 Å². The third-order valence-corrected chi connectivity index (χ3v) is 4.40. The first kappa shape index (κ1) is 13.8. The van der Waals surface area contributed by atoms with Gasteiger partial charge in [-0.2, -0.15) is 11.8 Å². The maximum Gasteiger partial charge on any atom is 0.226 e. The van der Waals surface area contributed by atoms with Crippen LogP contribution in [-0.2, 0) is 4.79 Å². The number of carbonyl (C=O) groups is 1. The van der Waals surface area contributed by atoms with Crippen LogP contribution in [-0.4, -0.2) is 42.4 Å². The van der Waals surface area contributed by atoms with Crippen molar-refractivity contribution in [1.82, 2.24) is 4.90 Å². The Labute approximate surface area is 103 Å². The molecular weight excluding hydrogens is 220 g/mol. The highest BCUT2D eigenvalue weighted by Gasteiger charge is 2.29. The molecule has 1 amide bonds. The Bertz CT molecular complexity index is 235. The van der Waals surface area contributed by atoms with Crippen molar-refractivity contribution in [2.24, 2.45) is 23.5 Å². The minimum Gasteiger partial charge on any atom is -0.342 e. The van der Waals surface area contributed by atoms with Crippen LogP contribution in [0.25, 0.3) is 0 Å². The zero-order chi connectivity index (χ0) is 12.1. The maximum atomic E-state index is 12.1. The van der Waals surface area contributed by atoms with Crippen LogP contribution in [0.2, 0.25) is 0 Å². The summed E-state index contributed by atoms with van der Waals surface area (Å²) in [6.45, 7) is 6.73. The van der Waals surface area contributed by atoms with E-state index in [1.54, 1.807) is 11.8 Å². The average molecular weight is 244 g/mol. The topological polar surface area (TPSA) is 46.3 Å². The van der Waals surface area contributed by atoms with E-state index in [1.807, 2.05) is 18.1 Å². The molecule has 1 aliphatic heterocycles. The first-order chi connectivity index (χ1) is 7.60. The lowest BCUT2D eigenvalue weighted by molar-refractivity contribution is -0.136. The fourth-order valence-corrected chi connectivity index (χ4v) is 2.93. The van der Waals surface area contributed by atoms with Gasteiger partial charge in [0.1, 0.15) is 0 Å². The van der Waals surface area contributed by atoms with Crippen molar-refractivity contribution in [3.8, 4) is 0 Å². The van der Waals surface area contributed by atoms with Crippen LogP contribution in [0, 0.1) is 17.8 Å². The molecule has 0 spiro atoms. The summed E-state index contributed by atoms with van der Waals surface area (Å²) in [6.07, 6.45) is 3.14. The van der Waals surface area contributed by atoms with E-state index in [0.717, 1.165) is 25.3 Å². The quantitative estimate of drug-likeness (QED) is 0.814. The van der Waals surface area contributed by atoms with Crippen LogP contribution in [0.1, 0.15) is 20.3 Å². The van der Waals surface area contributed by atoms with E-state index >= 15 is 0 Å². The Kier molecular flexibility index (Phi) is 5.62. The van der Waals surface area contributed by atoms with E-state index < -0.39 is 0 Å². The van der Waals surface area contributed by atoms with E-state index in [-0.39, 0.29) is 5.92 Å². The summed E-state index contributed by atoms with van der Waals surface area (Å²) < 4.78 is 0. The zero-order valence-electron chi connectivity index (χ0n) is 10.6. The Morgan fingerprint density at radius 1 is 1.62 bits per heavy atom. The lowest BCUT2D eigenvalue weighted by atomic mass is 9.87. The number of likely N-dealkylation sites (tertiary alicyclic amines) is 1. The Morgan fingerprint density at radius 3 is 2.88 bits per heavy atom. The van der Waals surface area contributed by atoms with Crippen molar-refractivity contribution in [3.05, 3.63) is 0 Å². The van der Waals surface area contributed by atoms with E-state index in [9.17, 15) is 4.79 Å². The second-order valence-electron chi connectivity index (χ2n) is 4.90. The third kappa shape index (κ3) is 3.39. The number of amides is 1. The molecule has 0 bridgehead atoms. The molecule has 3 atom stereocenters. The van der Waals surface area contributed by atoms with Gasteiger partial charge in [0.15, 0.2) is 0 Å². The van der Waals surface area contributed by atoms with Crippen molar-refractivity contribution in [2.75, 3.05) is 31.6 Å². The molecule has 1 aliphatic rings. The molecule has 1 fully saturated rings. The largest absolute Gasteiger partial charge is 0.342 e. The van der Waals surface area contributed by atoms with Crippen LogP contribution in [0.15, 0.2) is 0 Å². The van der Waals surface area contributed by atoms with Gasteiger partial charge in [0, 0.05) is 24.8 Å². The lowest BCUT2D eigenvalue weighted by Crippen LogP contribution is -2.47. The average Bonchev–Trinajstić information content (AvgIpc) is 2.29. The maximum absolute atomic E-state index is 12.1. The normalized spacial score (nSPS) is 27.9. The van der Waals surface area contributed by atoms with Crippen LogP contribution in [0.3, 0.4) is 0 Å². The summed E-state index contributed by atoms with van der Waals surface area (Å²) in [5.74, 6) is 2.50. The molecule has 16 heavy (non-hydrogen) atoms. The fourth-order valence-electron chi connectivity index (χ4n) is 2.29. The minimum absolute atomic E-state index is 0.141. The number of nitrogens with zero attached hydrogens (tertiary/aromatic N) is 1. The molecule has 0 aromatic heterocycles. The molecule has 94 valence electrons. The minimum atomic E-state index is 0.141. The fraction of sp³-hybridized carbons (Fsp3) is 0.917. The molecule has 0 aromatic carbocycles. The van der Waals surface area contributed by atoms with Gasteiger partial charge < -0.3 is 10.6 Å². The Hall–Kier alpha value is -0.220. The van der Waals surface area contributed by atoms with Crippen molar-refractivity contribution < 1.29 is 4.79 Å². The van der Waals surface area contributed by atoms with E-state index in [2.05, 4.69) is 6.92 Å². The van der Waals surface area contributed by atoms with E-state index in [1.165, 1.54) is 0 Å². The van der Waals surface area contributed by atoms with Crippen LogP contribution >= 0.6 is 11.8 Å². The summed E-state index contributed by atoms with van der Waals surface area (Å²) >= 11 is 1.74. The van der Waals surface area contributed by atoms with Crippen LogP contribution < -0.4 is 5.73 Å². The third-order valence-electron chi connectivity index (χ3n) is 3.57. The van der Waals surface area contributed by atoms with Gasteiger partial charge in [-0.3, -0.25) is 4.79 Å². The van der Waals surface area contributed by atoms with Gasteiger partial charge in [-0.25, -0.2) is 0 Å². The monoisotopic (exact) mass is 244 g/mol. The lowest BCUT2D eigenvalue weighted by Gasteiger charge is -2.37. The molecule has 0 saturated carbocycles. The zero-order valence-corrected chi connectivity index (χ0v) is 11.4. The van der Waals surface area contributed by atoms with Gasteiger partial charge >= 0.3 is 0 Å². The Balaban J connectivity index is 2.51. The number of rotatable bonds is 4. The van der Waals surface area contributed by atoms with Gasteiger partial charge in [-0.1, -0.05) is 13.8 Å². The van der Waals surface area contributed by atoms with Crippen molar-refractivity contribution in [2.45, 2.75) is 20.3 Å². The summed E-state index contributed by atoms with van der Waals surface area (Å²) in [5, 5.41) is 0. The Morgan fingerprint density at radius 2 is 2.31 bits per heavy atom. The standard InChI is InChI=1S/C12H24N2OS/c1-9-4-5-14(7-11(9)6-13)12(15)10(2)8-16-3/h9-11H,4-8,13H2,1-3H3. The smallest absolute Gasteiger partial charge is 0.226 e. The summed E-state index contributed by atoms with van der Waals surface area (Å²) in [5.41, 5.74) is 5.75. The highest BCUT2D eigenvalue weighted by molar-refractivity contribution is 7.98. The summed E-state index contributed by atoms with van der Waals surface area (Å²) in [6, 6.07) is 0. The van der Waals surface area contributed by atoms with Gasteiger partial charge in [-0.15, -0.1) is 0 Å². The number of thioether (sulfide) groups is 1. The highest BCUT2D eigenvalue weighted by atomic mass is 32.2. The number of piperidine rings is 1. The number of carbonyl (C=O) groups excluding carboxylic acids is 1. The van der Waals surface area contributed by atoms with Gasteiger partial charge in [0.05, 0.1) is 0 Å². The molecule has 0 aromatic rings. The number of nitrogens with two attached hydrogens (primary N) is 1. The van der Waals surface area contributed by atoms with Gasteiger partial charge in [0.2, 0.25) is 5.91 Å². The van der Waals surface area contributed by atoms with E-state index in [4.69, 9.17) is 5.73 Å².